The third-order valence-electron chi connectivity index (χ3n) is 5.33. The van der Waals surface area contributed by atoms with Crippen LogP contribution >= 0.6 is 0 Å². The zero-order valence-corrected chi connectivity index (χ0v) is 16.2. The Bertz CT molecular complexity index is 906. The van der Waals surface area contributed by atoms with Crippen LogP contribution in [0.5, 0.6) is 0 Å². The number of nitrogens with one attached hydrogen (secondary N) is 2. The summed E-state index contributed by atoms with van der Waals surface area (Å²) in [5, 5.41) is 16.9. The van der Waals surface area contributed by atoms with Crippen molar-refractivity contribution in [2.75, 3.05) is 23.7 Å². The van der Waals surface area contributed by atoms with Crippen LogP contribution in [0.1, 0.15) is 31.2 Å². The molecule has 1 aromatic carbocycles. The minimum absolute atomic E-state index is 0.0287. The van der Waals surface area contributed by atoms with Crippen LogP contribution in [0.25, 0.3) is 0 Å². The Labute approximate surface area is 171 Å². The van der Waals surface area contributed by atoms with E-state index in [9.17, 15) is 23.3 Å². The number of hydrogen-bond acceptors (Lipinski definition) is 7. The monoisotopic (exact) mass is 424 g/mol. The molecule has 0 aliphatic heterocycles. The third-order valence-corrected chi connectivity index (χ3v) is 5.33. The molecule has 2 aromatic rings. The lowest BCUT2D eigenvalue weighted by Gasteiger charge is -2.27. The van der Waals surface area contributed by atoms with E-state index >= 15 is 0 Å². The van der Waals surface area contributed by atoms with Crippen molar-refractivity contribution in [2.24, 2.45) is 17.6 Å². The quantitative estimate of drug-likeness (QED) is 0.337. The summed E-state index contributed by atoms with van der Waals surface area (Å²) in [6.45, 7) is 0.890. The molecule has 30 heavy (non-hydrogen) atoms. The molecule has 0 spiro atoms. The number of rotatable bonds is 8. The molecule has 1 heterocycles. The Morgan fingerprint density at radius 2 is 1.83 bits per heavy atom. The van der Waals surface area contributed by atoms with Gasteiger partial charge < -0.3 is 16.4 Å². The lowest BCUT2D eigenvalue weighted by atomic mass is 9.82. The van der Waals surface area contributed by atoms with E-state index in [-0.39, 0.29) is 29.6 Å². The second kappa shape index (κ2) is 9.70. The Morgan fingerprint density at radius 3 is 2.50 bits per heavy atom. The zero-order valence-electron chi connectivity index (χ0n) is 16.2. The van der Waals surface area contributed by atoms with Crippen molar-refractivity contribution in [3.05, 3.63) is 51.5 Å². The summed E-state index contributed by atoms with van der Waals surface area (Å²) in [6, 6.07) is 1.30. The van der Waals surface area contributed by atoms with E-state index in [1.54, 1.807) is 0 Å². The SMILES string of the molecule is NCC1CCC(CNc2nc(NCc3cc(F)cc(F)c3F)ncc2[N+](=O)[O-])CC1. The lowest BCUT2D eigenvalue weighted by Crippen LogP contribution is -2.25. The zero-order chi connectivity index (χ0) is 21.7. The molecule has 4 N–H and O–H groups in total. The second-order valence-electron chi connectivity index (χ2n) is 7.40. The molecule has 1 saturated carbocycles. The van der Waals surface area contributed by atoms with Gasteiger partial charge >= 0.3 is 5.69 Å². The molecule has 162 valence electrons. The first-order chi connectivity index (χ1) is 14.4. The van der Waals surface area contributed by atoms with Crippen LogP contribution in [-0.2, 0) is 6.54 Å². The number of nitrogens with two attached hydrogens (primary N) is 1. The summed E-state index contributed by atoms with van der Waals surface area (Å²) in [5.74, 6) is -2.52. The number of halogens is 3. The van der Waals surface area contributed by atoms with Crippen molar-refractivity contribution >= 4 is 17.5 Å². The summed E-state index contributed by atoms with van der Waals surface area (Å²) >= 11 is 0. The fourth-order valence-electron chi connectivity index (χ4n) is 3.55. The predicted molar refractivity (Wildman–Crippen MR) is 105 cm³/mol. The standard InChI is InChI=1S/C19H23F3N6O2/c20-14-5-13(17(22)15(21)6-14)9-25-19-26-10-16(28(29)30)18(27-19)24-8-12-3-1-11(7-23)2-4-12/h5-6,10-12H,1-4,7-9,23H2,(H2,24,25,26,27). The minimum Gasteiger partial charge on any atom is -0.364 e. The summed E-state index contributed by atoms with van der Waals surface area (Å²) in [6.07, 6.45) is 5.03. The highest BCUT2D eigenvalue weighted by Crippen LogP contribution is 2.29. The molecule has 11 heteroatoms. The normalized spacial score (nSPS) is 18.8. The Hall–Kier alpha value is -2.95. The molecule has 1 fully saturated rings. The Morgan fingerprint density at radius 1 is 1.13 bits per heavy atom. The van der Waals surface area contributed by atoms with E-state index in [0.29, 0.717) is 31.0 Å². The fraction of sp³-hybridized carbons (Fsp3) is 0.474. The first-order valence-corrected chi connectivity index (χ1v) is 9.70. The van der Waals surface area contributed by atoms with Gasteiger partial charge in [0.25, 0.3) is 0 Å². The van der Waals surface area contributed by atoms with E-state index in [2.05, 4.69) is 20.6 Å². The molecule has 0 saturated heterocycles. The number of anilines is 2. The molecule has 1 aromatic heterocycles. The molecule has 1 aliphatic carbocycles. The smallest absolute Gasteiger partial charge is 0.329 e. The number of nitro groups is 1. The molecule has 0 atom stereocenters. The molecule has 1 aliphatic rings. The van der Waals surface area contributed by atoms with Gasteiger partial charge in [-0.3, -0.25) is 10.1 Å². The largest absolute Gasteiger partial charge is 0.364 e. The van der Waals surface area contributed by atoms with Crippen molar-refractivity contribution < 1.29 is 18.1 Å². The van der Waals surface area contributed by atoms with Crippen molar-refractivity contribution in [3.63, 3.8) is 0 Å². The topological polar surface area (TPSA) is 119 Å². The van der Waals surface area contributed by atoms with Crippen LogP contribution in [-0.4, -0.2) is 28.0 Å². The van der Waals surface area contributed by atoms with Crippen molar-refractivity contribution in [3.8, 4) is 0 Å². The van der Waals surface area contributed by atoms with Crippen molar-refractivity contribution in [1.82, 2.24) is 9.97 Å². The summed E-state index contributed by atoms with van der Waals surface area (Å²) in [4.78, 5) is 18.6. The molecule has 0 amide bonds. The number of nitrogens with zero attached hydrogens (tertiary/aromatic N) is 3. The number of aromatic nitrogens is 2. The molecule has 0 bridgehead atoms. The van der Waals surface area contributed by atoms with Gasteiger partial charge in [-0.25, -0.2) is 18.2 Å². The molecule has 0 radical (unpaired) electrons. The van der Waals surface area contributed by atoms with Gasteiger partial charge in [-0.05, 0) is 50.1 Å². The maximum Gasteiger partial charge on any atom is 0.329 e. The van der Waals surface area contributed by atoms with Gasteiger partial charge in [-0.2, -0.15) is 4.98 Å². The minimum atomic E-state index is -1.30. The molecule has 3 rings (SSSR count). The highest BCUT2D eigenvalue weighted by Gasteiger charge is 2.23. The van der Waals surface area contributed by atoms with Crippen LogP contribution in [0.15, 0.2) is 18.3 Å². The number of hydrogen-bond donors (Lipinski definition) is 3. The van der Waals surface area contributed by atoms with Gasteiger partial charge in [0.15, 0.2) is 11.6 Å². The van der Waals surface area contributed by atoms with Gasteiger partial charge in [0.05, 0.1) is 4.92 Å². The first-order valence-electron chi connectivity index (χ1n) is 9.70. The average molecular weight is 424 g/mol. The average Bonchev–Trinajstić information content (AvgIpc) is 2.74. The van der Waals surface area contributed by atoms with Crippen LogP contribution in [0.3, 0.4) is 0 Å². The molecular weight excluding hydrogens is 401 g/mol. The number of benzene rings is 1. The Kier molecular flexibility index (Phi) is 7.03. The van der Waals surface area contributed by atoms with Crippen LogP contribution in [0.2, 0.25) is 0 Å². The van der Waals surface area contributed by atoms with E-state index in [4.69, 9.17) is 5.73 Å². The van der Waals surface area contributed by atoms with Crippen molar-refractivity contribution in [1.29, 1.82) is 0 Å². The highest BCUT2D eigenvalue weighted by atomic mass is 19.2. The summed E-state index contributed by atoms with van der Waals surface area (Å²) < 4.78 is 40.4. The van der Waals surface area contributed by atoms with E-state index < -0.39 is 22.4 Å². The van der Waals surface area contributed by atoms with Crippen molar-refractivity contribution in [2.45, 2.75) is 32.2 Å². The van der Waals surface area contributed by atoms with Gasteiger partial charge in [-0.15, -0.1) is 0 Å². The van der Waals surface area contributed by atoms with Gasteiger partial charge in [-0.1, -0.05) is 0 Å². The van der Waals surface area contributed by atoms with Gasteiger partial charge in [0.1, 0.15) is 12.0 Å². The Balaban J connectivity index is 1.68. The van der Waals surface area contributed by atoms with Crippen LogP contribution in [0.4, 0.5) is 30.6 Å². The first kappa shape index (κ1) is 21.8. The van der Waals surface area contributed by atoms with Crippen LogP contribution in [0, 0.1) is 39.4 Å². The lowest BCUT2D eigenvalue weighted by molar-refractivity contribution is -0.384. The van der Waals surface area contributed by atoms with E-state index in [0.717, 1.165) is 37.9 Å². The van der Waals surface area contributed by atoms with Gasteiger partial charge in [0, 0.05) is 24.7 Å². The predicted octanol–water partition coefficient (Wildman–Crippen LogP) is 3.59. The third kappa shape index (κ3) is 5.35. The maximum absolute atomic E-state index is 13.8. The fourth-order valence-corrected chi connectivity index (χ4v) is 3.55. The van der Waals surface area contributed by atoms with E-state index in [1.165, 1.54) is 0 Å². The van der Waals surface area contributed by atoms with E-state index in [1.807, 2.05) is 0 Å². The maximum atomic E-state index is 13.8. The van der Waals surface area contributed by atoms with Crippen LogP contribution < -0.4 is 16.4 Å². The second-order valence-corrected chi connectivity index (χ2v) is 7.40. The summed E-state index contributed by atoms with van der Waals surface area (Å²) in [5.41, 5.74) is 5.16. The molecular formula is C19H23F3N6O2. The summed E-state index contributed by atoms with van der Waals surface area (Å²) in [7, 11) is 0. The molecule has 0 unspecified atom stereocenters. The van der Waals surface area contributed by atoms with Gasteiger partial charge in [0.2, 0.25) is 11.8 Å². The highest BCUT2D eigenvalue weighted by molar-refractivity contribution is 5.57. The molecule has 8 nitrogen and oxygen atoms in total.